The second-order valence-electron chi connectivity index (χ2n) is 7.60. The first-order valence-electron chi connectivity index (χ1n) is 10.5. The van der Waals surface area contributed by atoms with Gasteiger partial charge in [0, 0.05) is 31.1 Å². The van der Waals surface area contributed by atoms with Crippen LogP contribution in [0, 0.1) is 6.92 Å². The number of nitrogens with zero attached hydrogens (tertiary/aromatic N) is 2. The fraction of sp³-hybridized carbons (Fsp3) is 0.160. The van der Waals surface area contributed by atoms with E-state index >= 15 is 0 Å². The smallest absolute Gasteiger partial charge is 0.295 e. The van der Waals surface area contributed by atoms with Gasteiger partial charge in [-0.25, -0.2) is 4.68 Å². The van der Waals surface area contributed by atoms with E-state index in [0.29, 0.717) is 29.1 Å². The molecule has 0 aliphatic carbocycles. The lowest BCUT2D eigenvalue weighted by molar-refractivity contribution is -0.116. The van der Waals surface area contributed by atoms with Crippen molar-refractivity contribution in [1.82, 2.24) is 9.36 Å². The first-order chi connectivity index (χ1) is 15.9. The summed E-state index contributed by atoms with van der Waals surface area (Å²) in [5.74, 6) is 0.110. The first kappa shape index (κ1) is 21.9. The predicted molar refractivity (Wildman–Crippen MR) is 126 cm³/mol. The lowest BCUT2D eigenvalue weighted by Crippen LogP contribution is -2.23. The summed E-state index contributed by atoms with van der Waals surface area (Å²) >= 11 is 0. The van der Waals surface area contributed by atoms with E-state index in [0.717, 1.165) is 5.76 Å². The molecule has 8 nitrogen and oxygen atoms in total. The number of nitrogens with one attached hydrogen (secondary N) is 2. The predicted octanol–water partition coefficient (Wildman–Crippen LogP) is 3.90. The van der Waals surface area contributed by atoms with Gasteiger partial charge in [0.15, 0.2) is 0 Å². The number of aryl methyl sites for hydroxylation is 1. The van der Waals surface area contributed by atoms with Gasteiger partial charge in [0.25, 0.3) is 11.5 Å². The Morgan fingerprint density at radius 1 is 0.970 bits per heavy atom. The van der Waals surface area contributed by atoms with E-state index in [9.17, 15) is 14.4 Å². The number of carbonyl (C=O) groups is 2. The third-order valence-electron chi connectivity index (χ3n) is 5.38. The Labute approximate surface area is 190 Å². The largest absolute Gasteiger partial charge is 0.469 e. The molecule has 0 aliphatic rings. The van der Waals surface area contributed by atoms with Crippen LogP contribution < -0.4 is 16.2 Å². The number of rotatable bonds is 7. The molecule has 2 heterocycles. The van der Waals surface area contributed by atoms with Crippen LogP contribution in [0.5, 0.6) is 0 Å². The van der Waals surface area contributed by atoms with Crippen LogP contribution >= 0.6 is 0 Å². The number of aromatic nitrogens is 2. The van der Waals surface area contributed by atoms with Gasteiger partial charge in [0.05, 0.1) is 17.6 Å². The van der Waals surface area contributed by atoms with Crippen LogP contribution in [0.3, 0.4) is 0 Å². The quantitative estimate of drug-likeness (QED) is 0.452. The molecule has 0 spiro atoms. The van der Waals surface area contributed by atoms with Gasteiger partial charge >= 0.3 is 0 Å². The van der Waals surface area contributed by atoms with Gasteiger partial charge in [-0.05, 0) is 49.4 Å². The molecule has 0 aliphatic heterocycles. The lowest BCUT2D eigenvalue weighted by Gasteiger charge is -2.08. The molecular formula is C25H24N4O4. The van der Waals surface area contributed by atoms with Crippen molar-refractivity contribution in [3.05, 3.63) is 100 Å². The molecule has 0 saturated carbocycles. The van der Waals surface area contributed by atoms with Crippen molar-refractivity contribution in [1.29, 1.82) is 0 Å². The molecular weight excluding hydrogens is 420 g/mol. The van der Waals surface area contributed by atoms with Crippen molar-refractivity contribution in [2.24, 2.45) is 7.05 Å². The second-order valence-corrected chi connectivity index (χ2v) is 7.60. The molecule has 2 aromatic carbocycles. The number of furan rings is 1. The molecule has 4 rings (SSSR count). The second kappa shape index (κ2) is 9.44. The first-order valence-corrected chi connectivity index (χ1v) is 10.5. The van der Waals surface area contributed by atoms with Gasteiger partial charge in [-0.1, -0.05) is 24.3 Å². The van der Waals surface area contributed by atoms with Crippen LogP contribution in [-0.4, -0.2) is 21.2 Å². The summed E-state index contributed by atoms with van der Waals surface area (Å²) in [7, 11) is 1.76. The third kappa shape index (κ3) is 4.79. The van der Waals surface area contributed by atoms with E-state index in [1.54, 1.807) is 55.2 Å². The molecule has 2 amide bonds. The fourth-order valence-electron chi connectivity index (χ4n) is 3.55. The molecule has 0 unspecified atom stereocenters. The number of benzene rings is 2. The minimum atomic E-state index is -0.437. The normalized spacial score (nSPS) is 10.7. The van der Waals surface area contributed by atoms with Crippen LogP contribution in [0.2, 0.25) is 0 Å². The molecule has 0 atom stereocenters. The van der Waals surface area contributed by atoms with Gasteiger partial charge in [0.2, 0.25) is 5.91 Å². The van der Waals surface area contributed by atoms with Crippen molar-refractivity contribution in [2.45, 2.75) is 19.8 Å². The molecule has 2 N–H and O–H groups in total. The van der Waals surface area contributed by atoms with Crippen molar-refractivity contribution >= 4 is 23.2 Å². The zero-order valence-electron chi connectivity index (χ0n) is 18.4. The van der Waals surface area contributed by atoms with E-state index in [2.05, 4.69) is 10.6 Å². The fourth-order valence-corrected chi connectivity index (χ4v) is 3.55. The van der Waals surface area contributed by atoms with Gasteiger partial charge in [-0.15, -0.1) is 0 Å². The highest BCUT2D eigenvalue weighted by atomic mass is 16.3. The van der Waals surface area contributed by atoms with Crippen LogP contribution in [0.15, 0.2) is 82.2 Å². The molecule has 0 bridgehead atoms. The number of para-hydroxylation sites is 1. The number of hydrogen-bond donors (Lipinski definition) is 2. The molecule has 33 heavy (non-hydrogen) atoms. The van der Waals surface area contributed by atoms with Crippen molar-refractivity contribution < 1.29 is 14.0 Å². The summed E-state index contributed by atoms with van der Waals surface area (Å²) in [5.41, 5.74) is 2.04. The van der Waals surface area contributed by atoms with E-state index in [1.165, 1.54) is 4.68 Å². The Morgan fingerprint density at radius 2 is 1.76 bits per heavy atom. The van der Waals surface area contributed by atoms with Gasteiger partial charge < -0.3 is 15.1 Å². The summed E-state index contributed by atoms with van der Waals surface area (Å²) in [5, 5.41) is 5.52. The molecule has 8 heteroatoms. The Kier molecular flexibility index (Phi) is 6.26. The monoisotopic (exact) mass is 444 g/mol. The van der Waals surface area contributed by atoms with Gasteiger partial charge in [-0.3, -0.25) is 19.1 Å². The lowest BCUT2D eigenvalue weighted by atomic mass is 10.1. The van der Waals surface area contributed by atoms with E-state index in [1.807, 2.05) is 36.4 Å². The molecule has 0 saturated heterocycles. The average molecular weight is 444 g/mol. The topological polar surface area (TPSA) is 98.3 Å². The third-order valence-corrected chi connectivity index (χ3v) is 5.38. The Morgan fingerprint density at radius 3 is 2.48 bits per heavy atom. The van der Waals surface area contributed by atoms with Crippen LogP contribution in [0.25, 0.3) is 5.69 Å². The Bertz CT molecular complexity index is 1330. The van der Waals surface area contributed by atoms with Crippen LogP contribution in [-0.2, 0) is 18.3 Å². The minimum absolute atomic E-state index is 0.186. The average Bonchev–Trinajstić information content (AvgIpc) is 3.41. The zero-order valence-corrected chi connectivity index (χ0v) is 18.4. The maximum Gasteiger partial charge on any atom is 0.295 e. The van der Waals surface area contributed by atoms with Crippen LogP contribution in [0.4, 0.5) is 11.4 Å². The summed E-state index contributed by atoms with van der Waals surface area (Å²) in [4.78, 5) is 38.2. The molecule has 168 valence electrons. The summed E-state index contributed by atoms with van der Waals surface area (Å²) in [6.07, 6.45) is 2.31. The maximum atomic E-state index is 13.0. The molecule has 4 aromatic rings. The highest BCUT2D eigenvalue weighted by molar-refractivity contribution is 6.05. The van der Waals surface area contributed by atoms with Crippen molar-refractivity contribution in [3.8, 4) is 5.69 Å². The SMILES string of the molecule is Cc1c(NC(=O)c2cccc(NC(=O)CCc3ccco3)c2)c(=O)n(-c2ccccc2)n1C. The molecule has 0 radical (unpaired) electrons. The number of anilines is 2. The van der Waals surface area contributed by atoms with Crippen molar-refractivity contribution in [3.63, 3.8) is 0 Å². The summed E-state index contributed by atoms with van der Waals surface area (Å²) in [6.45, 7) is 1.77. The summed E-state index contributed by atoms with van der Waals surface area (Å²) < 4.78 is 8.43. The highest BCUT2D eigenvalue weighted by Gasteiger charge is 2.19. The van der Waals surface area contributed by atoms with Crippen LogP contribution in [0.1, 0.15) is 28.2 Å². The number of amides is 2. The number of carbonyl (C=O) groups excluding carboxylic acids is 2. The molecule has 2 aromatic heterocycles. The highest BCUT2D eigenvalue weighted by Crippen LogP contribution is 2.17. The number of hydrogen-bond acceptors (Lipinski definition) is 4. The molecule has 0 fully saturated rings. The van der Waals surface area contributed by atoms with E-state index < -0.39 is 5.91 Å². The standard InChI is InChI=1S/C25H24N4O4/c1-17-23(25(32)29(28(17)2)20-10-4-3-5-11-20)27-24(31)18-8-6-9-19(16-18)26-22(30)14-13-21-12-7-15-33-21/h3-12,15-16H,13-14H2,1-2H3,(H,26,30)(H,27,31). The van der Waals surface area contributed by atoms with Crippen molar-refractivity contribution in [2.75, 3.05) is 10.6 Å². The van der Waals surface area contributed by atoms with Gasteiger partial charge in [0.1, 0.15) is 11.4 Å². The van der Waals surface area contributed by atoms with E-state index in [4.69, 9.17) is 4.42 Å². The Balaban J connectivity index is 1.48. The van der Waals surface area contributed by atoms with E-state index in [-0.39, 0.29) is 23.6 Å². The Hall–Kier alpha value is -4.33. The maximum absolute atomic E-state index is 13.0. The zero-order chi connectivity index (χ0) is 23.4. The van der Waals surface area contributed by atoms with Gasteiger partial charge in [-0.2, -0.15) is 0 Å². The summed E-state index contributed by atoms with van der Waals surface area (Å²) in [6, 6.07) is 19.4. The minimum Gasteiger partial charge on any atom is -0.469 e.